The van der Waals surface area contributed by atoms with E-state index in [-0.39, 0.29) is 5.82 Å². The van der Waals surface area contributed by atoms with E-state index >= 15 is 0 Å². The molecule has 0 atom stereocenters. The molecule has 3 nitrogen and oxygen atoms in total. The minimum atomic E-state index is -0.223. The molecule has 0 unspecified atom stereocenters. The van der Waals surface area contributed by atoms with Gasteiger partial charge in [-0.3, -0.25) is 0 Å². The number of hydrogen-bond donors (Lipinski definition) is 1. The van der Waals surface area contributed by atoms with Crippen molar-refractivity contribution in [2.75, 3.05) is 11.9 Å². The summed E-state index contributed by atoms with van der Waals surface area (Å²) in [5.74, 6) is 1.83. The number of rotatable bonds is 5. The molecule has 0 aliphatic heterocycles. The van der Waals surface area contributed by atoms with Gasteiger partial charge in [0.15, 0.2) is 0 Å². The molecule has 112 valence electrons. The summed E-state index contributed by atoms with van der Waals surface area (Å²) >= 11 is 0. The van der Waals surface area contributed by atoms with Crippen molar-refractivity contribution in [3.63, 3.8) is 0 Å². The zero-order valence-electron chi connectivity index (χ0n) is 13.1. The fourth-order valence-electron chi connectivity index (χ4n) is 2.50. The average Bonchev–Trinajstić information content (AvgIpc) is 2.41. The highest BCUT2D eigenvalue weighted by molar-refractivity contribution is 5.48. The summed E-state index contributed by atoms with van der Waals surface area (Å²) in [6.45, 7) is 9.19. The highest BCUT2D eigenvalue weighted by Crippen LogP contribution is 2.25. The lowest BCUT2D eigenvalue weighted by Crippen LogP contribution is -2.11. The SMILES string of the molecule is CCNc1nc(Cc2ccc(F)cc2)nc(C)c1C(C)C. The van der Waals surface area contributed by atoms with Crippen molar-refractivity contribution >= 4 is 5.82 Å². The average molecular weight is 287 g/mol. The van der Waals surface area contributed by atoms with Crippen LogP contribution in [0.4, 0.5) is 10.2 Å². The van der Waals surface area contributed by atoms with E-state index in [4.69, 9.17) is 0 Å². The molecule has 0 amide bonds. The first-order valence-electron chi connectivity index (χ1n) is 7.37. The van der Waals surface area contributed by atoms with Crippen LogP contribution >= 0.6 is 0 Å². The molecule has 0 bridgehead atoms. The Balaban J connectivity index is 2.34. The Kier molecular flexibility index (Phi) is 4.89. The Morgan fingerprint density at radius 2 is 1.81 bits per heavy atom. The Hall–Kier alpha value is -1.97. The summed E-state index contributed by atoms with van der Waals surface area (Å²) in [4.78, 5) is 9.26. The minimum absolute atomic E-state index is 0.223. The fraction of sp³-hybridized carbons (Fsp3) is 0.412. The van der Waals surface area contributed by atoms with Crippen LogP contribution in [0.1, 0.15) is 49.3 Å². The summed E-state index contributed by atoms with van der Waals surface area (Å²) in [6.07, 6.45) is 0.609. The Morgan fingerprint density at radius 3 is 2.38 bits per heavy atom. The van der Waals surface area contributed by atoms with E-state index in [2.05, 4.69) is 36.1 Å². The van der Waals surface area contributed by atoms with E-state index in [0.717, 1.165) is 29.4 Å². The Morgan fingerprint density at radius 1 is 1.14 bits per heavy atom. The van der Waals surface area contributed by atoms with Crippen molar-refractivity contribution in [1.29, 1.82) is 0 Å². The van der Waals surface area contributed by atoms with E-state index in [1.807, 2.05) is 6.92 Å². The third kappa shape index (κ3) is 3.78. The number of halogens is 1. The molecule has 0 spiro atoms. The quantitative estimate of drug-likeness (QED) is 0.900. The number of hydrogen-bond acceptors (Lipinski definition) is 3. The van der Waals surface area contributed by atoms with Crippen LogP contribution in [0.15, 0.2) is 24.3 Å². The molecule has 1 aromatic carbocycles. The maximum Gasteiger partial charge on any atom is 0.135 e. The molecule has 0 radical (unpaired) electrons. The van der Waals surface area contributed by atoms with Crippen LogP contribution in [0.5, 0.6) is 0 Å². The van der Waals surface area contributed by atoms with E-state index in [1.54, 1.807) is 12.1 Å². The van der Waals surface area contributed by atoms with Gasteiger partial charge >= 0.3 is 0 Å². The van der Waals surface area contributed by atoms with Gasteiger partial charge in [-0.15, -0.1) is 0 Å². The van der Waals surface area contributed by atoms with Crippen molar-refractivity contribution in [3.05, 3.63) is 52.7 Å². The Bertz CT molecular complexity index is 606. The molecule has 0 saturated carbocycles. The normalized spacial score (nSPS) is 11.0. The van der Waals surface area contributed by atoms with Crippen LogP contribution in [0.3, 0.4) is 0 Å². The molecule has 0 aliphatic carbocycles. The topological polar surface area (TPSA) is 37.8 Å². The second-order valence-electron chi connectivity index (χ2n) is 5.48. The van der Waals surface area contributed by atoms with Crippen molar-refractivity contribution < 1.29 is 4.39 Å². The standard InChI is InChI=1S/C17H22FN3/c1-5-19-17-16(11(2)3)12(4)20-15(21-17)10-13-6-8-14(18)9-7-13/h6-9,11H,5,10H2,1-4H3,(H,19,20,21). The highest BCUT2D eigenvalue weighted by atomic mass is 19.1. The Labute approximate surface area is 125 Å². The monoisotopic (exact) mass is 287 g/mol. The largest absolute Gasteiger partial charge is 0.370 e. The summed E-state index contributed by atoms with van der Waals surface area (Å²) in [7, 11) is 0. The second-order valence-corrected chi connectivity index (χ2v) is 5.48. The molecule has 1 aromatic heterocycles. The van der Waals surface area contributed by atoms with E-state index in [1.165, 1.54) is 17.7 Å². The molecule has 0 fully saturated rings. The molecule has 0 saturated heterocycles. The second kappa shape index (κ2) is 6.66. The van der Waals surface area contributed by atoms with E-state index < -0.39 is 0 Å². The van der Waals surface area contributed by atoms with E-state index in [9.17, 15) is 4.39 Å². The van der Waals surface area contributed by atoms with Gasteiger partial charge in [0.2, 0.25) is 0 Å². The fourth-order valence-corrected chi connectivity index (χ4v) is 2.50. The smallest absolute Gasteiger partial charge is 0.135 e. The van der Waals surface area contributed by atoms with Crippen LogP contribution in [0.25, 0.3) is 0 Å². The number of aryl methyl sites for hydroxylation is 1. The molecule has 1 N–H and O–H groups in total. The predicted octanol–water partition coefficient (Wildman–Crippen LogP) is 4.07. The summed E-state index contributed by atoms with van der Waals surface area (Å²) in [5, 5.41) is 3.32. The van der Waals surface area contributed by atoms with Crippen molar-refractivity contribution in [1.82, 2.24) is 9.97 Å². The maximum atomic E-state index is 13.0. The molecular formula is C17H22FN3. The zero-order chi connectivity index (χ0) is 15.4. The summed E-state index contributed by atoms with van der Waals surface area (Å²) in [5.41, 5.74) is 3.18. The minimum Gasteiger partial charge on any atom is -0.370 e. The third-order valence-electron chi connectivity index (χ3n) is 3.38. The zero-order valence-corrected chi connectivity index (χ0v) is 13.1. The third-order valence-corrected chi connectivity index (χ3v) is 3.38. The van der Waals surface area contributed by atoms with Gasteiger partial charge in [0.1, 0.15) is 17.5 Å². The lowest BCUT2D eigenvalue weighted by Gasteiger charge is -2.16. The van der Waals surface area contributed by atoms with Gasteiger partial charge in [0.25, 0.3) is 0 Å². The molecule has 21 heavy (non-hydrogen) atoms. The van der Waals surface area contributed by atoms with Crippen LogP contribution in [0, 0.1) is 12.7 Å². The van der Waals surface area contributed by atoms with Gasteiger partial charge in [-0.1, -0.05) is 26.0 Å². The van der Waals surface area contributed by atoms with Crippen LogP contribution < -0.4 is 5.32 Å². The molecule has 4 heteroatoms. The number of anilines is 1. The first-order valence-corrected chi connectivity index (χ1v) is 7.37. The van der Waals surface area contributed by atoms with Gasteiger partial charge in [-0.05, 0) is 37.5 Å². The van der Waals surface area contributed by atoms with Crippen LogP contribution in [0.2, 0.25) is 0 Å². The first kappa shape index (κ1) is 15.4. The molecule has 2 rings (SSSR count). The van der Waals surface area contributed by atoms with Gasteiger partial charge in [0.05, 0.1) is 0 Å². The number of nitrogens with zero attached hydrogens (tertiary/aromatic N) is 2. The summed E-state index contributed by atoms with van der Waals surface area (Å²) < 4.78 is 13.0. The van der Waals surface area contributed by atoms with Gasteiger partial charge in [-0.25, -0.2) is 14.4 Å². The molecular weight excluding hydrogens is 265 g/mol. The van der Waals surface area contributed by atoms with Crippen molar-refractivity contribution in [2.45, 2.75) is 40.0 Å². The van der Waals surface area contributed by atoms with Gasteiger partial charge in [-0.2, -0.15) is 0 Å². The number of benzene rings is 1. The van der Waals surface area contributed by atoms with Gasteiger partial charge in [0, 0.05) is 24.2 Å². The maximum absolute atomic E-state index is 13.0. The predicted molar refractivity (Wildman–Crippen MR) is 84.2 cm³/mol. The first-order chi connectivity index (χ1) is 10.0. The number of aromatic nitrogens is 2. The summed E-state index contributed by atoms with van der Waals surface area (Å²) in [6, 6.07) is 6.49. The van der Waals surface area contributed by atoms with Crippen molar-refractivity contribution in [2.24, 2.45) is 0 Å². The highest BCUT2D eigenvalue weighted by Gasteiger charge is 2.14. The van der Waals surface area contributed by atoms with Crippen molar-refractivity contribution in [3.8, 4) is 0 Å². The molecule has 2 aromatic rings. The number of nitrogens with one attached hydrogen (secondary N) is 1. The molecule has 1 heterocycles. The van der Waals surface area contributed by atoms with E-state index in [0.29, 0.717) is 12.3 Å². The lowest BCUT2D eigenvalue weighted by molar-refractivity contribution is 0.627. The van der Waals surface area contributed by atoms with Crippen LogP contribution in [-0.4, -0.2) is 16.5 Å². The van der Waals surface area contributed by atoms with Crippen LogP contribution in [-0.2, 0) is 6.42 Å². The van der Waals surface area contributed by atoms with Gasteiger partial charge < -0.3 is 5.32 Å². The molecule has 0 aliphatic rings. The lowest BCUT2D eigenvalue weighted by atomic mass is 10.0.